The fourth-order valence-electron chi connectivity index (χ4n) is 3.02. The number of methoxy groups -OCH3 is 1. The minimum atomic E-state index is 0.231. The molecule has 116 valence electrons. The first kappa shape index (κ1) is 15.0. The van der Waals surface area contributed by atoms with E-state index in [9.17, 15) is 4.79 Å². The molecule has 0 atom stereocenters. The molecule has 1 aromatic heterocycles. The van der Waals surface area contributed by atoms with E-state index in [2.05, 4.69) is 16.8 Å². The Morgan fingerprint density at radius 1 is 1.52 bits per heavy atom. The number of hydrogen-bond acceptors (Lipinski definition) is 4. The van der Waals surface area contributed by atoms with Crippen LogP contribution in [0.2, 0.25) is 0 Å². The average Bonchev–Trinajstić information content (AvgIpc) is 3.10. The van der Waals surface area contributed by atoms with Crippen LogP contribution in [-0.4, -0.2) is 44.2 Å². The second-order valence-electron chi connectivity index (χ2n) is 6.28. The fraction of sp³-hybridized carbons (Fsp3) is 0.688. The first-order valence-corrected chi connectivity index (χ1v) is 8.63. The number of carbonyl (C=O) groups excluding carboxylic acids is 1. The van der Waals surface area contributed by atoms with E-state index in [0.717, 1.165) is 39.1 Å². The van der Waals surface area contributed by atoms with Crippen molar-refractivity contribution < 1.29 is 9.53 Å². The minimum Gasteiger partial charge on any atom is -0.385 e. The van der Waals surface area contributed by atoms with Crippen molar-refractivity contribution >= 4 is 17.2 Å². The second kappa shape index (κ2) is 6.46. The molecule has 1 amide bonds. The van der Waals surface area contributed by atoms with Crippen LogP contribution in [0.3, 0.4) is 0 Å². The normalized spacial score (nSPS) is 19.4. The molecular weight excluding hydrogens is 284 g/mol. The van der Waals surface area contributed by atoms with Crippen LogP contribution in [0.4, 0.5) is 0 Å². The highest BCUT2D eigenvalue weighted by molar-refractivity contribution is 7.10. The van der Waals surface area contributed by atoms with Crippen LogP contribution < -0.4 is 5.32 Å². The standard InChI is InChI=1S/C16H24N2O2S/c1-20-8-6-16(4-5-16)12-17-10-15(19)18-7-2-14-13(11-18)3-9-21-14/h3,9,17H,2,4-8,10-12H2,1H3. The zero-order valence-corrected chi connectivity index (χ0v) is 13.5. The molecule has 0 unspecified atom stereocenters. The van der Waals surface area contributed by atoms with Crippen molar-refractivity contribution in [2.24, 2.45) is 5.41 Å². The molecule has 0 spiro atoms. The van der Waals surface area contributed by atoms with Crippen LogP contribution in [0, 0.1) is 5.41 Å². The fourth-order valence-corrected chi connectivity index (χ4v) is 3.91. The van der Waals surface area contributed by atoms with Crippen LogP contribution in [0.5, 0.6) is 0 Å². The van der Waals surface area contributed by atoms with Gasteiger partial charge in [-0.05, 0) is 48.1 Å². The van der Waals surface area contributed by atoms with Gasteiger partial charge >= 0.3 is 0 Å². The maximum Gasteiger partial charge on any atom is 0.236 e. The van der Waals surface area contributed by atoms with Crippen molar-refractivity contribution in [3.05, 3.63) is 21.9 Å². The van der Waals surface area contributed by atoms with Crippen molar-refractivity contribution in [3.63, 3.8) is 0 Å². The van der Waals surface area contributed by atoms with Gasteiger partial charge in [-0.1, -0.05) is 0 Å². The van der Waals surface area contributed by atoms with E-state index in [1.807, 2.05) is 16.2 Å². The van der Waals surface area contributed by atoms with E-state index in [4.69, 9.17) is 4.74 Å². The number of thiophene rings is 1. The van der Waals surface area contributed by atoms with Crippen molar-refractivity contribution in [2.75, 3.05) is 33.4 Å². The van der Waals surface area contributed by atoms with Crippen LogP contribution in [0.1, 0.15) is 29.7 Å². The smallest absolute Gasteiger partial charge is 0.236 e. The van der Waals surface area contributed by atoms with Gasteiger partial charge in [0.2, 0.25) is 5.91 Å². The van der Waals surface area contributed by atoms with Crippen molar-refractivity contribution in [3.8, 4) is 0 Å². The third-order valence-electron chi connectivity index (χ3n) is 4.73. The van der Waals surface area contributed by atoms with E-state index in [1.54, 1.807) is 7.11 Å². The molecular formula is C16H24N2O2S. The molecule has 5 heteroatoms. The molecule has 1 saturated carbocycles. The van der Waals surface area contributed by atoms with E-state index in [-0.39, 0.29) is 5.91 Å². The molecule has 1 N–H and O–H groups in total. The molecule has 21 heavy (non-hydrogen) atoms. The largest absolute Gasteiger partial charge is 0.385 e. The van der Waals surface area contributed by atoms with Crippen LogP contribution in [-0.2, 0) is 22.5 Å². The molecule has 1 aliphatic heterocycles. The van der Waals surface area contributed by atoms with Crippen molar-refractivity contribution in [2.45, 2.75) is 32.2 Å². The number of nitrogens with zero attached hydrogens (tertiary/aromatic N) is 1. The molecule has 0 radical (unpaired) electrons. The van der Waals surface area contributed by atoms with Crippen molar-refractivity contribution in [1.82, 2.24) is 10.2 Å². The lowest BCUT2D eigenvalue weighted by Crippen LogP contribution is -2.42. The van der Waals surface area contributed by atoms with Gasteiger partial charge in [0.25, 0.3) is 0 Å². The number of hydrogen-bond donors (Lipinski definition) is 1. The summed E-state index contributed by atoms with van der Waals surface area (Å²) >= 11 is 1.81. The van der Waals surface area contributed by atoms with Gasteiger partial charge in [0.15, 0.2) is 0 Å². The summed E-state index contributed by atoms with van der Waals surface area (Å²) in [7, 11) is 1.75. The predicted molar refractivity (Wildman–Crippen MR) is 84.5 cm³/mol. The predicted octanol–water partition coefficient (Wildman–Crippen LogP) is 2.04. The van der Waals surface area contributed by atoms with Crippen LogP contribution in [0.15, 0.2) is 11.4 Å². The molecule has 2 aliphatic rings. The molecule has 3 rings (SSSR count). The molecule has 1 aliphatic carbocycles. The van der Waals surface area contributed by atoms with E-state index >= 15 is 0 Å². The summed E-state index contributed by atoms with van der Waals surface area (Å²) in [5.41, 5.74) is 1.73. The highest BCUT2D eigenvalue weighted by atomic mass is 32.1. The Balaban J connectivity index is 1.41. The Kier molecular flexibility index (Phi) is 4.62. The van der Waals surface area contributed by atoms with Gasteiger partial charge in [-0.25, -0.2) is 0 Å². The van der Waals surface area contributed by atoms with E-state index in [0.29, 0.717) is 12.0 Å². The SMILES string of the molecule is COCCC1(CNCC(=O)N2CCc3sccc3C2)CC1. The van der Waals surface area contributed by atoms with Crippen molar-refractivity contribution in [1.29, 1.82) is 0 Å². The number of amides is 1. The lowest BCUT2D eigenvalue weighted by molar-refractivity contribution is -0.131. The van der Waals surface area contributed by atoms with E-state index in [1.165, 1.54) is 23.3 Å². The highest BCUT2D eigenvalue weighted by Crippen LogP contribution is 2.48. The number of ether oxygens (including phenoxy) is 1. The van der Waals surface area contributed by atoms with Gasteiger partial charge < -0.3 is 15.0 Å². The summed E-state index contributed by atoms with van der Waals surface area (Å²) in [6.45, 7) is 3.88. The summed E-state index contributed by atoms with van der Waals surface area (Å²) in [6, 6.07) is 2.15. The monoisotopic (exact) mass is 308 g/mol. The van der Waals surface area contributed by atoms with Gasteiger partial charge in [-0.3, -0.25) is 4.79 Å². The minimum absolute atomic E-state index is 0.231. The molecule has 0 bridgehead atoms. The van der Waals surface area contributed by atoms with Gasteiger partial charge in [-0.2, -0.15) is 0 Å². The van der Waals surface area contributed by atoms with E-state index < -0.39 is 0 Å². The Hall–Kier alpha value is -0.910. The first-order chi connectivity index (χ1) is 10.2. The zero-order chi connectivity index (χ0) is 14.7. The molecule has 1 fully saturated rings. The summed E-state index contributed by atoms with van der Waals surface area (Å²) in [4.78, 5) is 15.7. The molecule has 4 nitrogen and oxygen atoms in total. The zero-order valence-electron chi connectivity index (χ0n) is 12.7. The van der Waals surface area contributed by atoms with Gasteiger partial charge in [0, 0.05) is 38.2 Å². The maximum atomic E-state index is 12.3. The summed E-state index contributed by atoms with van der Waals surface area (Å²) in [5, 5.41) is 5.50. The lowest BCUT2D eigenvalue weighted by Gasteiger charge is -2.27. The lowest BCUT2D eigenvalue weighted by atomic mass is 10.0. The maximum absolute atomic E-state index is 12.3. The van der Waals surface area contributed by atoms with Gasteiger partial charge in [0.05, 0.1) is 6.54 Å². The molecule has 0 aromatic carbocycles. The summed E-state index contributed by atoms with van der Waals surface area (Å²) < 4.78 is 5.16. The molecule has 1 aromatic rings. The third-order valence-corrected chi connectivity index (χ3v) is 5.75. The molecule has 2 heterocycles. The number of carbonyl (C=O) groups is 1. The van der Waals surface area contributed by atoms with Gasteiger partial charge in [-0.15, -0.1) is 11.3 Å². The number of rotatable bonds is 7. The quantitative estimate of drug-likeness (QED) is 0.838. The van der Waals surface area contributed by atoms with Gasteiger partial charge in [0.1, 0.15) is 0 Å². The topological polar surface area (TPSA) is 41.6 Å². The Morgan fingerprint density at radius 2 is 2.38 bits per heavy atom. The summed E-state index contributed by atoms with van der Waals surface area (Å²) in [5.74, 6) is 0.231. The third kappa shape index (κ3) is 3.65. The first-order valence-electron chi connectivity index (χ1n) is 7.75. The molecule has 0 saturated heterocycles. The number of nitrogens with one attached hydrogen (secondary N) is 1. The van der Waals surface area contributed by atoms with Crippen LogP contribution >= 0.6 is 11.3 Å². The van der Waals surface area contributed by atoms with Crippen LogP contribution in [0.25, 0.3) is 0 Å². The highest BCUT2D eigenvalue weighted by Gasteiger charge is 2.41. The second-order valence-corrected chi connectivity index (χ2v) is 7.28. The Bertz CT molecular complexity index is 496. The summed E-state index contributed by atoms with van der Waals surface area (Å²) in [6.07, 6.45) is 4.64. The Labute approximate surface area is 130 Å². The average molecular weight is 308 g/mol. The number of fused-ring (bicyclic) bond motifs is 1. The Morgan fingerprint density at radius 3 is 3.14 bits per heavy atom.